The summed E-state index contributed by atoms with van der Waals surface area (Å²) < 4.78 is 1.87. The molecule has 2 heterocycles. The number of benzene rings is 2. The topological polar surface area (TPSA) is 62.9 Å². The van der Waals surface area contributed by atoms with Crippen molar-refractivity contribution in [2.75, 3.05) is 20.6 Å². The van der Waals surface area contributed by atoms with E-state index in [2.05, 4.69) is 9.98 Å². The third-order valence-corrected chi connectivity index (χ3v) is 5.28. The first kappa shape index (κ1) is 20.5. The van der Waals surface area contributed by atoms with Gasteiger partial charge in [-0.2, -0.15) is 0 Å². The molecule has 0 N–H and O–H groups in total. The van der Waals surface area contributed by atoms with E-state index < -0.39 is 5.91 Å². The maximum Gasteiger partial charge on any atom is 0.297 e. The van der Waals surface area contributed by atoms with Gasteiger partial charge >= 0.3 is 0 Å². The summed E-state index contributed by atoms with van der Waals surface area (Å²) >= 11 is 12.8. The van der Waals surface area contributed by atoms with Crippen LogP contribution in [0.2, 0.25) is 10.0 Å². The van der Waals surface area contributed by atoms with Gasteiger partial charge in [-0.05, 0) is 38.4 Å². The molecule has 8 heteroatoms. The SMILES string of the molecule is CN(C)CC=NC(=O)c1ncn2c1CN=C(c1ccccc1Cl)c1cc(Cl)ccc1-2. The highest BCUT2D eigenvalue weighted by Gasteiger charge is 2.25. The molecule has 6 nitrogen and oxygen atoms in total. The van der Waals surface area contributed by atoms with Crippen LogP contribution in [0, 0.1) is 0 Å². The second-order valence-corrected chi connectivity index (χ2v) is 7.94. The zero-order chi connectivity index (χ0) is 21.3. The summed E-state index contributed by atoms with van der Waals surface area (Å²) in [6, 6.07) is 13.1. The number of amides is 1. The molecule has 0 saturated carbocycles. The summed E-state index contributed by atoms with van der Waals surface area (Å²) in [5.41, 5.74) is 4.13. The van der Waals surface area contributed by atoms with Crippen LogP contribution in [0.15, 0.2) is 58.8 Å². The van der Waals surface area contributed by atoms with Crippen molar-refractivity contribution in [3.63, 3.8) is 0 Å². The largest absolute Gasteiger partial charge is 0.304 e. The number of hydrogen-bond acceptors (Lipinski definition) is 4. The molecule has 0 saturated heterocycles. The lowest BCUT2D eigenvalue weighted by atomic mass is 10.0. The molecule has 0 fully saturated rings. The van der Waals surface area contributed by atoms with Gasteiger partial charge in [0.1, 0.15) is 6.33 Å². The molecule has 2 aromatic carbocycles. The Hall–Kier alpha value is -2.80. The fourth-order valence-corrected chi connectivity index (χ4v) is 3.69. The molecular weight excluding hydrogens is 421 g/mol. The molecule has 0 bridgehead atoms. The van der Waals surface area contributed by atoms with Gasteiger partial charge in [0.15, 0.2) is 5.69 Å². The average Bonchev–Trinajstić information content (AvgIpc) is 3.06. The predicted octanol–water partition coefficient (Wildman–Crippen LogP) is 4.30. The number of rotatable bonds is 4. The van der Waals surface area contributed by atoms with Crippen LogP contribution < -0.4 is 0 Å². The van der Waals surface area contributed by atoms with E-state index in [1.165, 1.54) is 0 Å². The maximum absolute atomic E-state index is 12.7. The summed E-state index contributed by atoms with van der Waals surface area (Å²) in [4.78, 5) is 27.8. The Bertz CT molecular complexity index is 1180. The van der Waals surface area contributed by atoms with Crippen LogP contribution in [-0.2, 0) is 6.54 Å². The molecule has 1 aliphatic heterocycles. The first-order valence-electron chi connectivity index (χ1n) is 9.33. The smallest absolute Gasteiger partial charge is 0.297 e. The molecule has 0 aliphatic carbocycles. The summed E-state index contributed by atoms with van der Waals surface area (Å²) in [6.07, 6.45) is 3.21. The molecule has 0 atom stereocenters. The number of halogens is 2. The molecule has 0 spiro atoms. The van der Waals surface area contributed by atoms with Crippen LogP contribution >= 0.6 is 23.2 Å². The third kappa shape index (κ3) is 3.94. The van der Waals surface area contributed by atoms with Crippen LogP contribution in [0.1, 0.15) is 27.3 Å². The normalized spacial score (nSPS) is 13.2. The van der Waals surface area contributed by atoms with Crippen molar-refractivity contribution in [3.05, 3.63) is 81.4 Å². The van der Waals surface area contributed by atoms with Crippen molar-refractivity contribution in [1.29, 1.82) is 0 Å². The molecule has 4 rings (SSSR count). The van der Waals surface area contributed by atoms with Gasteiger partial charge in [-0.3, -0.25) is 14.4 Å². The van der Waals surface area contributed by atoms with E-state index in [0.717, 1.165) is 22.5 Å². The van der Waals surface area contributed by atoms with Gasteiger partial charge in [0, 0.05) is 33.9 Å². The Balaban J connectivity index is 1.83. The number of aliphatic imine (C=N–C) groups is 2. The van der Waals surface area contributed by atoms with Crippen molar-refractivity contribution >= 4 is 41.0 Å². The van der Waals surface area contributed by atoms with Crippen molar-refractivity contribution in [1.82, 2.24) is 14.5 Å². The molecule has 0 radical (unpaired) electrons. The van der Waals surface area contributed by atoms with E-state index >= 15 is 0 Å². The van der Waals surface area contributed by atoms with Crippen LogP contribution in [0.5, 0.6) is 0 Å². The number of fused-ring (bicyclic) bond motifs is 3. The Morgan fingerprint density at radius 3 is 2.77 bits per heavy atom. The minimum Gasteiger partial charge on any atom is -0.304 e. The van der Waals surface area contributed by atoms with Gasteiger partial charge < -0.3 is 4.90 Å². The van der Waals surface area contributed by atoms with E-state index in [4.69, 9.17) is 28.2 Å². The van der Waals surface area contributed by atoms with E-state index in [0.29, 0.717) is 22.3 Å². The van der Waals surface area contributed by atoms with Crippen molar-refractivity contribution in [2.24, 2.45) is 9.98 Å². The Morgan fingerprint density at radius 2 is 2.00 bits per heavy atom. The van der Waals surface area contributed by atoms with E-state index in [9.17, 15) is 4.79 Å². The summed E-state index contributed by atoms with van der Waals surface area (Å²) in [6.45, 7) is 0.828. The number of hydrogen-bond donors (Lipinski definition) is 0. The molecule has 152 valence electrons. The second kappa shape index (κ2) is 8.52. The zero-order valence-electron chi connectivity index (χ0n) is 16.5. The minimum absolute atomic E-state index is 0.261. The Labute approximate surface area is 184 Å². The van der Waals surface area contributed by atoms with Crippen LogP contribution in [-0.4, -0.2) is 52.9 Å². The predicted molar refractivity (Wildman–Crippen MR) is 121 cm³/mol. The molecule has 1 amide bonds. The Morgan fingerprint density at radius 1 is 1.20 bits per heavy atom. The minimum atomic E-state index is -0.391. The summed E-state index contributed by atoms with van der Waals surface area (Å²) in [5.74, 6) is -0.391. The fraction of sp³-hybridized carbons (Fsp3) is 0.182. The quantitative estimate of drug-likeness (QED) is 0.569. The molecule has 0 unspecified atom stereocenters. The van der Waals surface area contributed by atoms with E-state index in [-0.39, 0.29) is 12.2 Å². The van der Waals surface area contributed by atoms with Gasteiger partial charge in [-0.15, -0.1) is 0 Å². The van der Waals surface area contributed by atoms with Gasteiger partial charge in [0.2, 0.25) is 0 Å². The van der Waals surface area contributed by atoms with Gasteiger partial charge in [-0.25, -0.2) is 9.98 Å². The zero-order valence-corrected chi connectivity index (χ0v) is 18.0. The highest BCUT2D eigenvalue weighted by Crippen LogP contribution is 2.30. The van der Waals surface area contributed by atoms with Crippen molar-refractivity contribution in [3.8, 4) is 5.69 Å². The number of carbonyl (C=O) groups excluding carboxylic acids is 1. The number of nitrogens with zero attached hydrogens (tertiary/aromatic N) is 5. The van der Waals surface area contributed by atoms with E-state index in [1.807, 2.05) is 60.0 Å². The standard InChI is InChI=1S/C22H19Cl2N5O/c1-28(2)10-9-25-22(30)21-19-12-26-20(15-5-3-4-6-17(15)24)16-11-14(23)7-8-18(16)29(19)13-27-21/h3-9,11,13H,10,12H2,1-2H3. The molecule has 3 aromatic rings. The average molecular weight is 440 g/mol. The van der Waals surface area contributed by atoms with Gasteiger partial charge in [0.05, 0.1) is 23.6 Å². The first-order valence-corrected chi connectivity index (χ1v) is 10.1. The highest BCUT2D eigenvalue weighted by atomic mass is 35.5. The second-order valence-electron chi connectivity index (χ2n) is 7.10. The number of aromatic nitrogens is 2. The van der Waals surface area contributed by atoms with Crippen LogP contribution in [0.25, 0.3) is 5.69 Å². The monoisotopic (exact) mass is 439 g/mol. The lowest BCUT2D eigenvalue weighted by Crippen LogP contribution is -2.14. The highest BCUT2D eigenvalue weighted by molar-refractivity contribution is 6.36. The third-order valence-electron chi connectivity index (χ3n) is 4.71. The lowest BCUT2D eigenvalue weighted by Gasteiger charge is -2.13. The molecule has 1 aliphatic rings. The van der Waals surface area contributed by atoms with E-state index in [1.54, 1.807) is 18.6 Å². The first-order chi connectivity index (χ1) is 14.5. The number of imidazole rings is 1. The van der Waals surface area contributed by atoms with Crippen LogP contribution in [0.4, 0.5) is 0 Å². The summed E-state index contributed by atoms with van der Waals surface area (Å²) in [7, 11) is 3.82. The van der Waals surface area contributed by atoms with Crippen LogP contribution in [0.3, 0.4) is 0 Å². The molecule has 30 heavy (non-hydrogen) atoms. The van der Waals surface area contributed by atoms with Crippen molar-refractivity contribution in [2.45, 2.75) is 6.54 Å². The molecule has 1 aromatic heterocycles. The Kier molecular flexibility index (Phi) is 5.81. The maximum atomic E-state index is 12.7. The number of carbonyl (C=O) groups is 1. The lowest BCUT2D eigenvalue weighted by molar-refractivity contribution is 0.0998. The summed E-state index contributed by atoms with van der Waals surface area (Å²) in [5, 5.41) is 1.18. The fourth-order valence-electron chi connectivity index (χ4n) is 3.29. The molecular formula is C22H19Cl2N5O. The van der Waals surface area contributed by atoms with Gasteiger partial charge in [0.25, 0.3) is 5.91 Å². The van der Waals surface area contributed by atoms with Gasteiger partial charge in [-0.1, -0.05) is 41.4 Å². The van der Waals surface area contributed by atoms with Crippen molar-refractivity contribution < 1.29 is 4.79 Å².